The van der Waals surface area contributed by atoms with Crippen LogP contribution in [0.15, 0.2) is 6.20 Å². The van der Waals surface area contributed by atoms with E-state index in [0.717, 1.165) is 0 Å². The van der Waals surface area contributed by atoms with Crippen LogP contribution < -0.4 is 0 Å². The molecule has 0 aliphatic rings. The summed E-state index contributed by atoms with van der Waals surface area (Å²) in [6, 6.07) is 0. The van der Waals surface area contributed by atoms with E-state index in [2.05, 4.69) is 9.97 Å². The topological polar surface area (TPSA) is 86.5 Å². The van der Waals surface area contributed by atoms with Gasteiger partial charge in [-0.05, 0) is 24.9 Å². The number of aryl methyl sites for hydroxylation is 1. The molecule has 0 radical (unpaired) electrons. The van der Waals surface area contributed by atoms with Crippen LogP contribution in [0.25, 0.3) is 0 Å². The molecule has 3 N–H and O–H groups in total. The molecular formula is C9H13ClN2O3. The van der Waals surface area contributed by atoms with Crippen molar-refractivity contribution in [2.24, 2.45) is 0 Å². The highest BCUT2D eigenvalue weighted by molar-refractivity contribution is 6.28. The summed E-state index contributed by atoms with van der Waals surface area (Å²) in [4.78, 5) is 7.58. The average molecular weight is 233 g/mol. The number of aliphatic hydroxyl groups excluding tert-OH is 3. The Labute approximate surface area is 92.4 Å². The van der Waals surface area contributed by atoms with Crippen LogP contribution in [0, 0.1) is 6.92 Å². The van der Waals surface area contributed by atoms with E-state index in [1.54, 1.807) is 6.92 Å². The molecule has 0 amide bonds. The minimum atomic E-state index is -1.10. The maximum atomic E-state index is 9.71. The molecule has 0 fully saturated rings. The van der Waals surface area contributed by atoms with Crippen molar-refractivity contribution < 1.29 is 15.3 Å². The first-order chi connectivity index (χ1) is 7.06. The molecule has 1 aromatic heterocycles. The van der Waals surface area contributed by atoms with Crippen molar-refractivity contribution in [3.63, 3.8) is 0 Å². The van der Waals surface area contributed by atoms with E-state index in [1.165, 1.54) is 6.20 Å². The molecule has 0 saturated carbocycles. The highest BCUT2D eigenvalue weighted by atomic mass is 35.5. The molecule has 0 bridgehead atoms. The van der Waals surface area contributed by atoms with Crippen LogP contribution in [0.5, 0.6) is 0 Å². The summed E-state index contributed by atoms with van der Waals surface area (Å²) >= 11 is 5.56. The third-order valence-corrected chi connectivity index (χ3v) is 2.28. The fraction of sp³-hybridized carbons (Fsp3) is 0.556. The van der Waals surface area contributed by atoms with E-state index in [0.29, 0.717) is 11.3 Å². The van der Waals surface area contributed by atoms with Crippen LogP contribution in [0.4, 0.5) is 0 Å². The molecule has 2 atom stereocenters. The Bertz CT molecular complexity index is 335. The Morgan fingerprint density at radius 1 is 1.47 bits per heavy atom. The van der Waals surface area contributed by atoms with E-state index < -0.39 is 12.2 Å². The Balaban J connectivity index is 2.86. The minimum Gasteiger partial charge on any atom is -0.396 e. The van der Waals surface area contributed by atoms with Gasteiger partial charge >= 0.3 is 0 Å². The van der Waals surface area contributed by atoms with E-state index in [-0.39, 0.29) is 18.3 Å². The Morgan fingerprint density at radius 3 is 2.67 bits per heavy atom. The molecule has 2 unspecified atom stereocenters. The van der Waals surface area contributed by atoms with Gasteiger partial charge in [0.05, 0.1) is 6.10 Å². The molecule has 0 aliphatic heterocycles. The predicted octanol–water partition coefficient (Wildman–Crippen LogP) is 0.215. The second kappa shape index (κ2) is 5.37. The SMILES string of the molecule is Cc1nc(Cl)ncc1C(O)C(O)CCO. The zero-order valence-corrected chi connectivity index (χ0v) is 9.02. The quantitative estimate of drug-likeness (QED) is 0.647. The van der Waals surface area contributed by atoms with E-state index >= 15 is 0 Å². The lowest BCUT2D eigenvalue weighted by Gasteiger charge is -2.18. The van der Waals surface area contributed by atoms with Crippen LogP contribution in [0.3, 0.4) is 0 Å². The average Bonchev–Trinajstić information content (AvgIpc) is 2.17. The van der Waals surface area contributed by atoms with Gasteiger partial charge in [0.25, 0.3) is 0 Å². The zero-order valence-electron chi connectivity index (χ0n) is 8.26. The fourth-order valence-corrected chi connectivity index (χ4v) is 1.41. The van der Waals surface area contributed by atoms with Crippen molar-refractivity contribution in [2.45, 2.75) is 25.6 Å². The number of hydrogen-bond acceptors (Lipinski definition) is 5. The van der Waals surface area contributed by atoms with Crippen LogP contribution in [-0.4, -0.2) is 38.0 Å². The number of aromatic nitrogens is 2. The fourth-order valence-electron chi connectivity index (χ4n) is 1.24. The Morgan fingerprint density at radius 2 is 2.13 bits per heavy atom. The molecule has 1 aromatic rings. The van der Waals surface area contributed by atoms with E-state index in [1.807, 2.05) is 0 Å². The number of hydrogen-bond donors (Lipinski definition) is 3. The lowest BCUT2D eigenvalue weighted by molar-refractivity contribution is 0.00348. The summed E-state index contributed by atoms with van der Waals surface area (Å²) in [5.74, 6) is 0. The predicted molar refractivity (Wildman–Crippen MR) is 54.4 cm³/mol. The van der Waals surface area contributed by atoms with Gasteiger partial charge in [-0.15, -0.1) is 0 Å². The van der Waals surface area contributed by atoms with E-state index in [9.17, 15) is 10.2 Å². The first-order valence-corrected chi connectivity index (χ1v) is 4.90. The smallest absolute Gasteiger partial charge is 0.222 e. The Hall–Kier alpha value is -0.750. The highest BCUT2D eigenvalue weighted by Gasteiger charge is 2.20. The van der Waals surface area contributed by atoms with Crippen molar-refractivity contribution in [1.82, 2.24) is 9.97 Å². The third-order valence-electron chi connectivity index (χ3n) is 2.10. The van der Waals surface area contributed by atoms with Crippen LogP contribution in [-0.2, 0) is 0 Å². The first kappa shape index (κ1) is 12.3. The van der Waals surface area contributed by atoms with Gasteiger partial charge in [0.1, 0.15) is 6.10 Å². The molecule has 1 rings (SSSR count). The van der Waals surface area contributed by atoms with Crippen molar-refractivity contribution in [3.05, 3.63) is 22.7 Å². The standard InChI is InChI=1S/C9H13ClN2O3/c1-5-6(4-11-9(10)12-5)8(15)7(14)2-3-13/h4,7-8,13-15H,2-3H2,1H3. The number of halogens is 1. The van der Waals surface area contributed by atoms with Gasteiger partial charge in [-0.3, -0.25) is 0 Å². The lowest BCUT2D eigenvalue weighted by atomic mass is 10.0. The molecule has 0 aliphatic carbocycles. The van der Waals surface area contributed by atoms with Crippen molar-refractivity contribution >= 4 is 11.6 Å². The van der Waals surface area contributed by atoms with Gasteiger partial charge in [-0.1, -0.05) is 0 Å². The van der Waals surface area contributed by atoms with Crippen molar-refractivity contribution in [3.8, 4) is 0 Å². The van der Waals surface area contributed by atoms with Crippen LogP contribution in [0.2, 0.25) is 5.28 Å². The normalized spacial score (nSPS) is 15.0. The van der Waals surface area contributed by atoms with Gasteiger partial charge in [0.15, 0.2) is 0 Å². The zero-order chi connectivity index (χ0) is 11.4. The summed E-state index contributed by atoms with van der Waals surface area (Å²) in [7, 11) is 0. The maximum Gasteiger partial charge on any atom is 0.222 e. The van der Waals surface area contributed by atoms with Crippen LogP contribution in [0.1, 0.15) is 23.8 Å². The summed E-state index contributed by atoms with van der Waals surface area (Å²) in [6.45, 7) is 1.48. The highest BCUT2D eigenvalue weighted by Crippen LogP contribution is 2.21. The number of nitrogens with zero attached hydrogens (tertiary/aromatic N) is 2. The largest absolute Gasteiger partial charge is 0.396 e. The molecule has 1 heterocycles. The van der Waals surface area contributed by atoms with Gasteiger partial charge in [0, 0.05) is 24.1 Å². The second-order valence-electron chi connectivity index (χ2n) is 3.20. The maximum absolute atomic E-state index is 9.71. The number of rotatable bonds is 4. The number of aliphatic hydroxyl groups is 3. The monoisotopic (exact) mass is 232 g/mol. The molecule has 0 aromatic carbocycles. The molecule has 0 saturated heterocycles. The molecular weight excluding hydrogens is 220 g/mol. The van der Waals surface area contributed by atoms with Gasteiger partial charge in [-0.25, -0.2) is 9.97 Å². The summed E-state index contributed by atoms with van der Waals surface area (Å²) in [5, 5.41) is 27.9. The molecule has 0 spiro atoms. The van der Waals surface area contributed by atoms with Crippen LogP contribution >= 0.6 is 11.6 Å². The summed E-state index contributed by atoms with van der Waals surface area (Å²) in [6.07, 6.45) is -0.660. The van der Waals surface area contributed by atoms with Gasteiger partial charge in [0.2, 0.25) is 5.28 Å². The third kappa shape index (κ3) is 3.10. The van der Waals surface area contributed by atoms with Gasteiger partial charge in [-0.2, -0.15) is 0 Å². The first-order valence-electron chi connectivity index (χ1n) is 4.52. The molecule has 15 heavy (non-hydrogen) atoms. The molecule has 5 nitrogen and oxygen atoms in total. The van der Waals surface area contributed by atoms with Crippen molar-refractivity contribution in [2.75, 3.05) is 6.61 Å². The molecule has 84 valence electrons. The van der Waals surface area contributed by atoms with E-state index in [4.69, 9.17) is 16.7 Å². The lowest BCUT2D eigenvalue weighted by Crippen LogP contribution is -2.20. The van der Waals surface area contributed by atoms with Gasteiger partial charge < -0.3 is 15.3 Å². The summed E-state index contributed by atoms with van der Waals surface area (Å²) in [5.41, 5.74) is 0.930. The Kier molecular flexibility index (Phi) is 4.41. The van der Waals surface area contributed by atoms with Crippen molar-refractivity contribution in [1.29, 1.82) is 0 Å². The minimum absolute atomic E-state index is 0.0973. The second-order valence-corrected chi connectivity index (χ2v) is 3.54. The molecule has 6 heteroatoms. The summed E-state index contributed by atoms with van der Waals surface area (Å²) < 4.78 is 0.